The van der Waals surface area contributed by atoms with Crippen molar-refractivity contribution in [2.24, 2.45) is 11.8 Å². The number of methoxy groups -OCH3 is 2. The molecule has 4 rings (SSSR count). The summed E-state index contributed by atoms with van der Waals surface area (Å²) in [5.74, 6) is 0.558. The molecule has 3 atom stereocenters. The van der Waals surface area contributed by atoms with Gasteiger partial charge in [-0.1, -0.05) is 13.8 Å². The van der Waals surface area contributed by atoms with E-state index in [-0.39, 0.29) is 23.7 Å². The van der Waals surface area contributed by atoms with Gasteiger partial charge in [-0.3, -0.25) is 19.4 Å². The fourth-order valence-corrected chi connectivity index (χ4v) is 4.70. The van der Waals surface area contributed by atoms with Crippen molar-refractivity contribution in [3.8, 4) is 11.5 Å². The number of amides is 2. The van der Waals surface area contributed by atoms with E-state index < -0.39 is 17.4 Å². The van der Waals surface area contributed by atoms with Gasteiger partial charge in [0, 0.05) is 25.6 Å². The van der Waals surface area contributed by atoms with Gasteiger partial charge in [-0.2, -0.15) is 4.98 Å². The molecule has 0 bridgehead atoms. The number of fused-ring (bicyclic) bond motifs is 1. The second-order valence-corrected chi connectivity index (χ2v) is 8.86. The first-order valence-corrected chi connectivity index (χ1v) is 11.0. The van der Waals surface area contributed by atoms with E-state index >= 15 is 0 Å². The number of carbonyl (C=O) groups is 2. The third kappa shape index (κ3) is 4.64. The maximum atomic E-state index is 13.2. The Morgan fingerprint density at radius 3 is 2.55 bits per heavy atom. The van der Waals surface area contributed by atoms with Gasteiger partial charge in [0.1, 0.15) is 17.3 Å². The van der Waals surface area contributed by atoms with Crippen molar-refractivity contribution in [2.75, 3.05) is 42.8 Å². The van der Waals surface area contributed by atoms with Crippen LogP contribution in [0.3, 0.4) is 0 Å². The zero-order valence-electron chi connectivity index (χ0n) is 19.2. The van der Waals surface area contributed by atoms with Crippen molar-refractivity contribution in [1.82, 2.24) is 9.97 Å². The molecular weight excluding hydrogens is 426 g/mol. The van der Waals surface area contributed by atoms with Gasteiger partial charge in [0.2, 0.25) is 17.8 Å². The third-order valence-electron chi connectivity index (χ3n) is 6.09. The highest BCUT2D eigenvalue weighted by atomic mass is 16.5. The number of benzene rings is 1. The van der Waals surface area contributed by atoms with Crippen molar-refractivity contribution >= 4 is 29.3 Å². The summed E-state index contributed by atoms with van der Waals surface area (Å²) in [7, 11) is 3.00. The summed E-state index contributed by atoms with van der Waals surface area (Å²) in [6, 6.07) is 4.98. The Bertz CT molecular complexity index is 1120. The summed E-state index contributed by atoms with van der Waals surface area (Å²) in [6.45, 7) is 5.85. The van der Waals surface area contributed by atoms with Crippen LogP contribution in [-0.4, -0.2) is 49.1 Å². The number of rotatable bonds is 5. The normalized spacial score (nSPS) is 22.2. The summed E-state index contributed by atoms with van der Waals surface area (Å²) >= 11 is 0. The first-order valence-electron chi connectivity index (χ1n) is 11.0. The van der Waals surface area contributed by atoms with Gasteiger partial charge < -0.3 is 25.0 Å². The monoisotopic (exact) mass is 455 g/mol. The second kappa shape index (κ2) is 9.13. The van der Waals surface area contributed by atoms with Crippen LogP contribution >= 0.6 is 0 Å². The van der Waals surface area contributed by atoms with E-state index in [4.69, 9.17) is 9.47 Å². The van der Waals surface area contributed by atoms with Gasteiger partial charge in [-0.25, -0.2) is 0 Å². The van der Waals surface area contributed by atoms with Crippen LogP contribution in [0.4, 0.5) is 17.5 Å². The predicted octanol–water partition coefficient (Wildman–Crippen LogP) is 2.33. The number of aromatic amines is 1. The Kier molecular flexibility index (Phi) is 6.26. The molecule has 2 aliphatic heterocycles. The van der Waals surface area contributed by atoms with Crippen LogP contribution in [0, 0.1) is 11.8 Å². The van der Waals surface area contributed by atoms with E-state index in [9.17, 15) is 14.4 Å². The molecule has 33 heavy (non-hydrogen) atoms. The van der Waals surface area contributed by atoms with Gasteiger partial charge in [0.25, 0.3) is 5.56 Å². The number of hydrogen-bond acceptors (Lipinski definition) is 7. The quantitative estimate of drug-likeness (QED) is 0.632. The summed E-state index contributed by atoms with van der Waals surface area (Å²) in [5.41, 5.74) is 0.0983. The molecule has 3 N–H and O–H groups in total. The SMILES string of the molecule is COc1ccc(OC)c(NC(=O)[C@H]2CC(=O)Nc3nc(N4C[C@H](C)C[C@H](C)C4)[nH]c(=O)c32)c1. The lowest BCUT2D eigenvalue weighted by atomic mass is 9.91. The summed E-state index contributed by atoms with van der Waals surface area (Å²) in [6.07, 6.45) is 0.950. The zero-order valence-corrected chi connectivity index (χ0v) is 19.2. The largest absolute Gasteiger partial charge is 0.497 e. The van der Waals surface area contributed by atoms with Crippen LogP contribution in [-0.2, 0) is 9.59 Å². The fourth-order valence-electron chi connectivity index (χ4n) is 4.70. The number of anilines is 3. The highest BCUT2D eigenvalue weighted by Crippen LogP contribution is 2.34. The maximum Gasteiger partial charge on any atom is 0.258 e. The van der Waals surface area contributed by atoms with Gasteiger partial charge >= 0.3 is 0 Å². The third-order valence-corrected chi connectivity index (χ3v) is 6.09. The molecule has 1 aromatic heterocycles. The molecule has 1 saturated heterocycles. The lowest BCUT2D eigenvalue weighted by Crippen LogP contribution is -2.42. The Morgan fingerprint density at radius 2 is 1.88 bits per heavy atom. The topological polar surface area (TPSA) is 126 Å². The number of carbonyl (C=O) groups excluding carboxylic acids is 2. The van der Waals surface area contributed by atoms with Gasteiger partial charge in [-0.15, -0.1) is 0 Å². The first kappa shape index (κ1) is 22.6. The molecule has 0 saturated carbocycles. The minimum absolute atomic E-state index is 0.133. The molecule has 0 spiro atoms. The molecular formula is C23H29N5O5. The second-order valence-electron chi connectivity index (χ2n) is 8.86. The van der Waals surface area contributed by atoms with E-state index in [1.165, 1.54) is 14.2 Å². The van der Waals surface area contributed by atoms with Crippen molar-refractivity contribution in [2.45, 2.75) is 32.6 Å². The molecule has 1 fully saturated rings. The number of nitrogens with zero attached hydrogens (tertiary/aromatic N) is 2. The number of hydrogen-bond donors (Lipinski definition) is 3. The van der Waals surface area contributed by atoms with E-state index in [1.54, 1.807) is 18.2 Å². The minimum Gasteiger partial charge on any atom is -0.497 e. The van der Waals surface area contributed by atoms with Gasteiger partial charge in [0.05, 0.1) is 31.4 Å². The smallest absolute Gasteiger partial charge is 0.258 e. The maximum absolute atomic E-state index is 13.2. The molecule has 2 amide bonds. The lowest BCUT2D eigenvalue weighted by molar-refractivity contribution is -0.123. The molecule has 10 heteroatoms. The Balaban J connectivity index is 1.65. The van der Waals surface area contributed by atoms with Crippen molar-refractivity contribution < 1.29 is 19.1 Å². The Labute approximate surface area is 191 Å². The van der Waals surface area contributed by atoms with Crippen molar-refractivity contribution in [3.63, 3.8) is 0 Å². The molecule has 10 nitrogen and oxygen atoms in total. The van der Waals surface area contributed by atoms with Gasteiger partial charge in [-0.05, 0) is 30.4 Å². The highest BCUT2D eigenvalue weighted by Gasteiger charge is 2.36. The molecule has 2 aromatic rings. The van der Waals surface area contributed by atoms with Crippen LogP contribution in [0.1, 0.15) is 38.2 Å². The molecule has 0 radical (unpaired) electrons. The van der Waals surface area contributed by atoms with Crippen molar-refractivity contribution in [3.05, 3.63) is 34.1 Å². The zero-order chi connectivity index (χ0) is 23.7. The number of H-pyrrole nitrogens is 1. The van der Waals surface area contributed by atoms with E-state index in [1.807, 2.05) is 4.90 Å². The minimum atomic E-state index is -0.992. The molecule has 3 heterocycles. The molecule has 2 aliphatic rings. The Hall–Kier alpha value is -3.56. The highest BCUT2D eigenvalue weighted by molar-refractivity contribution is 6.05. The standard InChI is InChI=1S/C23H29N5O5/c1-12-7-13(2)11-28(10-12)23-26-20-19(22(31)27-23)15(9-18(29)25-20)21(30)24-16-8-14(32-3)5-6-17(16)33-4/h5-6,8,12-13,15H,7,9-11H2,1-4H3,(H,24,30)(H2,25,26,27,29,31)/t12-,13+,15-/m0/s1. The Morgan fingerprint density at radius 1 is 1.15 bits per heavy atom. The number of ether oxygens (including phenoxy) is 2. The van der Waals surface area contributed by atoms with Crippen molar-refractivity contribution in [1.29, 1.82) is 0 Å². The molecule has 1 aromatic carbocycles. The summed E-state index contributed by atoms with van der Waals surface area (Å²) in [5, 5.41) is 5.44. The van der Waals surface area contributed by atoms with E-state index in [0.717, 1.165) is 19.5 Å². The number of aromatic nitrogens is 2. The molecule has 0 unspecified atom stereocenters. The van der Waals surface area contributed by atoms with E-state index in [2.05, 4.69) is 34.4 Å². The number of nitrogens with one attached hydrogen (secondary N) is 3. The van der Waals surface area contributed by atoms with Crippen LogP contribution < -0.4 is 30.6 Å². The van der Waals surface area contributed by atoms with Crippen LogP contribution in [0.15, 0.2) is 23.0 Å². The van der Waals surface area contributed by atoms with Gasteiger partial charge in [0.15, 0.2) is 0 Å². The number of piperidine rings is 1. The van der Waals surface area contributed by atoms with Crippen LogP contribution in [0.2, 0.25) is 0 Å². The van der Waals surface area contributed by atoms with Crippen LogP contribution in [0.5, 0.6) is 11.5 Å². The van der Waals surface area contributed by atoms with E-state index in [0.29, 0.717) is 35.0 Å². The van der Waals surface area contributed by atoms with Crippen LogP contribution in [0.25, 0.3) is 0 Å². The molecule has 176 valence electrons. The summed E-state index contributed by atoms with van der Waals surface area (Å²) < 4.78 is 10.5. The predicted molar refractivity (Wildman–Crippen MR) is 124 cm³/mol. The molecule has 0 aliphatic carbocycles. The average molecular weight is 456 g/mol. The summed E-state index contributed by atoms with van der Waals surface area (Å²) in [4.78, 5) is 48.1. The average Bonchev–Trinajstić information content (AvgIpc) is 2.77. The first-order chi connectivity index (χ1) is 15.8. The fraction of sp³-hybridized carbons (Fsp3) is 0.478. The lowest BCUT2D eigenvalue weighted by Gasteiger charge is -2.35.